The molecule has 7 nitrogen and oxygen atoms in total. The van der Waals surface area contributed by atoms with Gasteiger partial charge in [-0.3, -0.25) is 9.79 Å². The summed E-state index contributed by atoms with van der Waals surface area (Å²) in [5, 5.41) is 6.68. The van der Waals surface area contributed by atoms with Crippen LogP contribution < -0.4 is 21.3 Å². The second-order valence-corrected chi connectivity index (χ2v) is 10.6. The summed E-state index contributed by atoms with van der Waals surface area (Å²) in [6, 6.07) is 18.5. The molecule has 4 N–H and O–H groups in total. The number of carbonyl (C=O) groups is 1. The van der Waals surface area contributed by atoms with Gasteiger partial charge in [-0.05, 0) is 55.3 Å². The molecule has 2 aromatic carbocycles. The average Bonchev–Trinajstić information content (AvgIpc) is 3.18. The minimum atomic E-state index is -0.517. The van der Waals surface area contributed by atoms with Gasteiger partial charge in [0.2, 0.25) is 5.91 Å². The Bertz CT molecular complexity index is 1020. The third-order valence-corrected chi connectivity index (χ3v) is 7.65. The maximum atomic E-state index is 13.0. The number of guanidine groups is 1. The summed E-state index contributed by atoms with van der Waals surface area (Å²) >= 11 is 1.71. The molecule has 4 rings (SSSR count). The summed E-state index contributed by atoms with van der Waals surface area (Å²) in [5.74, 6) is 0.974. The van der Waals surface area contributed by atoms with Crippen LogP contribution in [0.4, 0.5) is 11.4 Å². The van der Waals surface area contributed by atoms with Gasteiger partial charge in [0.15, 0.2) is 5.96 Å². The van der Waals surface area contributed by atoms with Crippen molar-refractivity contribution in [2.75, 3.05) is 49.3 Å². The van der Waals surface area contributed by atoms with Crippen LogP contribution in [0.3, 0.4) is 0 Å². The highest BCUT2D eigenvalue weighted by molar-refractivity contribution is 7.98. The molecule has 0 saturated carbocycles. The number of anilines is 2. The quantitative estimate of drug-likeness (QED) is 0.333. The Morgan fingerprint density at radius 2 is 1.82 bits per heavy atom. The highest BCUT2D eigenvalue weighted by atomic mass is 32.2. The largest absolute Gasteiger partial charge is 0.343 e. The fraction of sp³-hybridized carbons (Fsp3) is 0.462. The maximum Gasteiger partial charge on any atom is 0.247 e. The Morgan fingerprint density at radius 3 is 2.50 bits per heavy atom. The van der Waals surface area contributed by atoms with E-state index in [9.17, 15) is 4.79 Å². The summed E-state index contributed by atoms with van der Waals surface area (Å²) < 4.78 is 0. The fourth-order valence-corrected chi connectivity index (χ4v) is 5.12. The third-order valence-electron chi connectivity index (χ3n) is 6.86. The molecule has 0 aromatic heterocycles. The molecular formula is C26H36N6OS. The van der Waals surface area contributed by atoms with Gasteiger partial charge in [0.1, 0.15) is 5.54 Å². The van der Waals surface area contributed by atoms with E-state index in [2.05, 4.69) is 64.8 Å². The molecular weight excluding hydrogens is 444 g/mol. The van der Waals surface area contributed by atoms with Crippen LogP contribution in [0.5, 0.6) is 0 Å². The van der Waals surface area contributed by atoms with E-state index >= 15 is 0 Å². The molecule has 34 heavy (non-hydrogen) atoms. The van der Waals surface area contributed by atoms with Gasteiger partial charge >= 0.3 is 0 Å². The standard InChI is InChI=1S/C26H36N6OS/c1-25(2,17-27)18-28-24(30-21-11-7-8-12-22(21)34-3)31-15-13-26(14-16-31)23(33)29-19-32(26)20-9-5-4-6-10-20/h4-12H,13-19,27H2,1-3H3,(H,28,30)(H,29,33). The van der Waals surface area contributed by atoms with Crippen LogP contribution in [0.1, 0.15) is 26.7 Å². The number of benzene rings is 2. The van der Waals surface area contributed by atoms with Gasteiger partial charge in [0.05, 0.1) is 12.4 Å². The van der Waals surface area contributed by atoms with Crippen molar-refractivity contribution < 1.29 is 4.79 Å². The number of rotatable bonds is 6. The molecule has 2 heterocycles. The molecule has 0 unspecified atom stereocenters. The molecule has 0 atom stereocenters. The van der Waals surface area contributed by atoms with Crippen LogP contribution in [-0.2, 0) is 4.79 Å². The summed E-state index contributed by atoms with van der Waals surface area (Å²) in [5.41, 5.74) is 7.50. The van der Waals surface area contributed by atoms with E-state index in [4.69, 9.17) is 10.7 Å². The van der Waals surface area contributed by atoms with Crippen molar-refractivity contribution in [3.05, 3.63) is 54.6 Å². The predicted molar refractivity (Wildman–Crippen MR) is 142 cm³/mol. The zero-order chi connectivity index (χ0) is 24.2. The number of aliphatic imine (C=N–C) groups is 1. The lowest BCUT2D eigenvalue weighted by Crippen LogP contribution is -2.58. The molecule has 1 amide bonds. The van der Waals surface area contributed by atoms with Crippen LogP contribution in [-0.4, -0.2) is 61.4 Å². The zero-order valence-corrected chi connectivity index (χ0v) is 21.2. The van der Waals surface area contributed by atoms with Gasteiger partial charge in [-0.1, -0.05) is 44.2 Å². The van der Waals surface area contributed by atoms with Crippen LogP contribution in [0.2, 0.25) is 0 Å². The minimum absolute atomic E-state index is 0.0849. The van der Waals surface area contributed by atoms with Gasteiger partial charge < -0.3 is 26.2 Å². The number of carbonyl (C=O) groups excluding carboxylic acids is 1. The molecule has 2 aliphatic heterocycles. The van der Waals surface area contributed by atoms with E-state index in [0.29, 0.717) is 19.8 Å². The number of para-hydroxylation sites is 2. The zero-order valence-electron chi connectivity index (χ0n) is 20.4. The summed E-state index contributed by atoms with van der Waals surface area (Å²) in [7, 11) is 0. The lowest BCUT2D eigenvalue weighted by Gasteiger charge is -2.44. The molecule has 0 bridgehead atoms. The number of nitrogens with one attached hydrogen (secondary N) is 2. The van der Waals surface area contributed by atoms with Gasteiger partial charge in [0.25, 0.3) is 0 Å². The highest BCUT2D eigenvalue weighted by Crippen LogP contribution is 2.36. The second-order valence-electron chi connectivity index (χ2n) is 9.78. The third kappa shape index (κ3) is 5.03. The van der Waals surface area contributed by atoms with Crippen molar-refractivity contribution in [2.24, 2.45) is 16.1 Å². The van der Waals surface area contributed by atoms with E-state index in [0.717, 1.165) is 43.3 Å². The maximum absolute atomic E-state index is 13.0. The van der Waals surface area contributed by atoms with Gasteiger partial charge in [-0.25, -0.2) is 0 Å². The predicted octanol–water partition coefficient (Wildman–Crippen LogP) is 3.59. The first-order valence-electron chi connectivity index (χ1n) is 11.9. The van der Waals surface area contributed by atoms with Crippen molar-refractivity contribution in [1.82, 2.24) is 10.2 Å². The van der Waals surface area contributed by atoms with E-state index < -0.39 is 5.54 Å². The molecule has 182 valence electrons. The van der Waals surface area contributed by atoms with Crippen molar-refractivity contribution in [2.45, 2.75) is 37.1 Å². The van der Waals surface area contributed by atoms with E-state index in [1.54, 1.807) is 11.8 Å². The number of hydrogen-bond donors (Lipinski definition) is 3. The van der Waals surface area contributed by atoms with E-state index in [-0.39, 0.29) is 11.3 Å². The Morgan fingerprint density at radius 1 is 1.15 bits per heavy atom. The number of likely N-dealkylation sites (tertiary alicyclic amines) is 1. The Kier molecular flexibility index (Phi) is 7.38. The first kappa shape index (κ1) is 24.4. The van der Waals surface area contributed by atoms with E-state index in [1.807, 2.05) is 30.3 Å². The molecule has 2 aromatic rings. The minimum Gasteiger partial charge on any atom is -0.343 e. The Labute approximate surface area is 207 Å². The molecule has 2 saturated heterocycles. The number of hydrogen-bond acceptors (Lipinski definition) is 5. The monoisotopic (exact) mass is 480 g/mol. The van der Waals surface area contributed by atoms with Crippen LogP contribution in [0.25, 0.3) is 0 Å². The van der Waals surface area contributed by atoms with Crippen LogP contribution in [0.15, 0.2) is 64.5 Å². The Hall–Kier alpha value is -2.71. The Balaban J connectivity index is 1.56. The van der Waals surface area contributed by atoms with Crippen LogP contribution >= 0.6 is 11.8 Å². The molecule has 1 spiro atoms. The molecule has 0 radical (unpaired) electrons. The second kappa shape index (κ2) is 10.3. The number of nitrogens with two attached hydrogens (primary N) is 1. The summed E-state index contributed by atoms with van der Waals surface area (Å²) in [6.45, 7) is 7.51. The van der Waals surface area contributed by atoms with Gasteiger partial charge in [-0.15, -0.1) is 11.8 Å². The number of nitrogens with zero attached hydrogens (tertiary/aromatic N) is 3. The van der Waals surface area contributed by atoms with E-state index in [1.165, 1.54) is 4.90 Å². The fourth-order valence-electron chi connectivity index (χ4n) is 4.56. The first-order chi connectivity index (χ1) is 16.4. The number of amides is 1. The summed E-state index contributed by atoms with van der Waals surface area (Å²) in [4.78, 5) is 23.7. The average molecular weight is 481 g/mol. The van der Waals surface area contributed by atoms with Gasteiger partial charge in [-0.2, -0.15) is 0 Å². The molecule has 8 heteroatoms. The lowest BCUT2D eigenvalue weighted by molar-refractivity contribution is -0.124. The van der Waals surface area contributed by atoms with Crippen molar-refractivity contribution in [3.63, 3.8) is 0 Å². The highest BCUT2D eigenvalue weighted by Gasteiger charge is 2.50. The van der Waals surface area contributed by atoms with Crippen LogP contribution in [0, 0.1) is 5.41 Å². The summed E-state index contributed by atoms with van der Waals surface area (Å²) in [6.07, 6.45) is 3.55. The van der Waals surface area contributed by atoms with Gasteiger partial charge in [0, 0.05) is 30.2 Å². The molecule has 2 fully saturated rings. The van der Waals surface area contributed by atoms with Crippen molar-refractivity contribution >= 4 is 35.0 Å². The SMILES string of the molecule is CSc1ccccc1NC(=NCC(C)(C)CN)N1CCC2(CC1)C(=O)NCN2c1ccccc1. The normalized spacial score (nSPS) is 18.4. The number of thioether (sulfide) groups is 1. The topological polar surface area (TPSA) is 86.0 Å². The number of piperidine rings is 1. The smallest absolute Gasteiger partial charge is 0.247 e. The lowest BCUT2D eigenvalue weighted by atomic mass is 9.85. The first-order valence-corrected chi connectivity index (χ1v) is 13.1. The molecule has 2 aliphatic rings. The van der Waals surface area contributed by atoms with Crippen molar-refractivity contribution in [3.8, 4) is 0 Å². The molecule has 0 aliphatic carbocycles. The van der Waals surface area contributed by atoms with Crippen molar-refractivity contribution in [1.29, 1.82) is 0 Å².